The molecule has 0 aliphatic carbocycles. The smallest absolute Gasteiger partial charge is 0.347 e. The van der Waals surface area contributed by atoms with E-state index in [1.165, 1.54) is 0 Å². The van der Waals surface area contributed by atoms with Crippen molar-refractivity contribution in [2.45, 2.75) is 19.4 Å². The Balaban J connectivity index is 1.20. The molecule has 3 aromatic carbocycles. The first-order chi connectivity index (χ1) is 19.5. The summed E-state index contributed by atoms with van der Waals surface area (Å²) in [4.78, 5) is 22.4. The third-order valence-electron chi connectivity index (χ3n) is 5.83. The lowest BCUT2D eigenvalue weighted by Gasteiger charge is -2.18. The number of nitrogens with one attached hydrogen (secondary N) is 1. The van der Waals surface area contributed by atoms with E-state index in [1.807, 2.05) is 66.7 Å². The number of ether oxygens (including phenoxy) is 3. The summed E-state index contributed by atoms with van der Waals surface area (Å²) in [5.74, 6) is 0.802. The largest absolute Gasteiger partial charge is 0.491 e. The normalized spacial score (nSPS) is 11.3. The number of carbonyl (C=O) groups is 1. The molecule has 0 saturated heterocycles. The molecule has 0 spiro atoms. The van der Waals surface area contributed by atoms with E-state index in [9.17, 15) is 4.79 Å². The van der Waals surface area contributed by atoms with Crippen LogP contribution in [0.3, 0.4) is 0 Å². The topological polar surface area (TPSA) is 78.9 Å². The fourth-order valence-electron chi connectivity index (χ4n) is 3.80. The monoisotopic (exact) mass is 558 g/mol. The summed E-state index contributed by atoms with van der Waals surface area (Å²) >= 11 is 5.94. The second-order valence-electron chi connectivity index (χ2n) is 8.73. The molecule has 0 saturated carbocycles. The number of benzene rings is 3. The second-order valence-corrected chi connectivity index (χ2v) is 9.17. The Morgan fingerprint density at radius 1 is 0.925 bits per heavy atom. The number of esters is 1. The minimum absolute atomic E-state index is 0.272. The van der Waals surface area contributed by atoms with E-state index >= 15 is 0 Å². The standard InChI is InChI=1S/C32H31ClN2O5/c1-3-37-32(36)31(40-29-17-13-27(33)14-18-29)22-24-7-15-28(16-8-24)38-20-21-39-35-23(2)25-9-11-26(12-10-25)30-6-4-5-19-34-30/h4-19,31,35H,2-3,20-22H2,1H3. The van der Waals surface area contributed by atoms with Gasteiger partial charge in [0.1, 0.15) is 24.7 Å². The van der Waals surface area contributed by atoms with Crippen molar-refractivity contribution in [3.05, 3.63) is 120 Å². The van der Waals surface area contributed by atoms with Gasteiger partial charge in [-0.05, 0) is 66.6 Å². The molecular formula is C32H31ClN2O5. The molecule has 4 rings (SSSR count). The first kappa shape index (κ1) is 28.7. The average Bonchev–Trinajstić information content (AvgIpc) is 2.99. The van der Waals surface area contributed by atoms with Crippen LogP contribution >= 0.6 is 11.6 Å². The van der Waals surface area contributed by atoms with Crippen molar-refractivity contribution in [1.29, 1.82) is 0 Å². The zero-order valence-corrected chi connectivity index (χ0v) is 23.0. The molecule has 0 aliphatic rings. The minimum atomic E-state index is -0.785. The SMILES string of the molecule is C=C(NOCCOc1ccc(CC(Oc2ccc(Cl)cc2)C(=O)OCC)cc1)c1ccc(-c2ccccn2)cc1. The first-order valence-electron chi connectivity index (χ1n) is 12.9. The van der Waals surface area contributed by atoms with Gasteiger partial charge in [-0.2, -0.15) is 0 Å². The molecular weight excluding hydrogens is 528 g/mol. The summed E-state index contributed by atoms with van der Waals surface area (Å²) in [6.07, 6.45) is 1.33. The van der Waals surface area contributed by atoms with Crippen molar-refractivity contribution in [3.63, 3.8) is 0 Å². The summed E-state index contributed by atoms with van der Waals surface area (Å²) in [6, 6.07) is 28.1. The van der Waals surface area contributed by atoms with Crippen LogP contribution in [0, 0.1) is 0 Å². The van der Waals surface area contributed by atoms with Crippen LogP contribution in [0.1, 0.15) is 18.1 Å². The lowest BCUT2D eigenvalue weighted by molar-refractivity contribution is -0.151. The lowest BCUT2D eigenvalue weighted by Crippen LogP contribution is -2.31. The van der Waals surface area contributed by atoms with E-state index in [2.05, 4.69) is 17.0 Å². The van der Waals surface area contributed by atoms with Gasteiger partial charge in [-0.3, -0.25) is 15.3 Å². The van der Waals surface area contributed by atoms with Crippen LogP contribution in [0.4, 0.5) is 0 Å². The van der Waals surface area contributed by atoms with Crippen molar-refractivity contribution in [2.24, 2.45) is 0 Å². The minimum Gasteiger partial charge on any atom is -0.491 e. The third kappa shape index (κ3) is 8.59. The van der Waals surface area contributed by atoms with E-state index in [1.54, 1.807) is 37.4 Å². The van der Waals surface area contributed by atoms with Crippen molar-refractivity contribution in [3.8, 4) is 22.8 Å². The number of rotatable bonds is 14. The Morgan fingerprint density at radius 2 is 1.65 bits per heavy atom. The molecule has 0 radical (unpaired) electrons. The Bertz CT molecular complexity index is 1360. The summed E-state index contributed by atoms with van der Waals surface area (Å²) in [5.41, 5.74) is 7.28. The summed E-state index contributed by atoms with van der Waals surface area (Å²) in [5, 5.41) is 0.591. The van der Waals surface area contributed by atoms with Gasteiger partial charge >= 0.3 is 5.97 Å². The first-order valence-corrected chi connectivity index (χ1v) is 13.3. The number of carbonyl (C=O) groups excluding carboxylic acids is 1. The summed E-state index contributed by atoms with van der Waals surface area (Å²) in [7, 11) is 0. The molecule has 0 aliphatic heterocycles. The Kier molecular flexibility index (Phi) is 10.6. The Hall–Kier alpha value is -4.33. The van der Waals surface area contributed by atoms with Crippen LogP contribution in [0.15, 0.2) is 104 Å². The van der Waals surface area contributed by atoms with Crippen LogP contribution in [0.25, 0.3) is 17.0 Å². The van der Waals surface area contributed by atoms with E-state index < -0.39 is 12.1 Å². The van der Waals surface area contributed by atoms with Gasteiger partial charge in [0, 0.05) is 23.2 Å². The van der Waals surface area contributed by atoms with Crippen molar-refractivity contribution in [1.82, 2.24) is 10.5 Å². The molecule has 40 heavy (non-hydrogen) atoms. The molecule has 0 amide bonds. The fraction of sp³-hybridized carbons (Fsp3) is 0.188. The maximum Gasteiger partial charge on any atom is 0.347 e. The van der Waals surface area contributed by atoms with E-state index in [-0.39, 0.29) is 6.61 Å². The van der Waals surface area contributed by atoms with Gasteiger partial charge in [0.15, 0.2) is 6.10 Å². The highest BCUT2D eigenvalue weighted by molar-refractivity contribution is 6.30. The van der Waals surface area contributed by atoms with E-state index in [0.29, 0.717) is 41.9 Å². The average molecular weight is 559 g/mol. The molecule has 1 aromatic heterocycles. The molecule has 7 nitrogen and oxygen atoms in total. The Morgan fingerprint density at radius 3 is 2.33 bits per heavy atom. The van der Waals surface area contributed by atoms with Gasteiger partial charge in [0.2, 0.25) is 0 Å². The molecule has 1 N–H and O–H groups in total. The highest BCUT2D eigenvalue weighted by Crippen LogP contribution is 2.21. The molecule has 206 valence electrons. The van der Waals surface area contributed by atoms with Crippen LogP contribution in [0.2, 0.25) is 5.02 Å². The number of hydrogen-bond acceptors (Lipinski definition) is 7. The highest BCUT2D eigenvalue weighted by Gasteiger charge is 2.22. The molecule has 1 unspecified atom stereocenters. The fourth-order valence-corrected chi connectivity index (χ4v) is 3.92. The molecule has 0 fully saturated rings. The van der Waals surface area contributed by atoms with Gasteiger partial charge < -0.3 is 14.2 Å². The lowest BCUT2D eigenvalue weighted by atomic mass is 10.1. The van der Waals surface area contributed by atoms with Crippen LogP contribution in [-0.2, 0) is 20.8 Å². The Labute approximate surface area is 239 Å². The summed E-state index contributed by atoms with van der Waals surface area (Å²) in [6.45, 7) is 6.71. The van der Waals surface area contributed by atoms with Gasteiger partial charge in [-0.15, -0.1) is 0 Å². The molecule has 4 aromatic rings. The van der Waals surface area contributed by atoms with Gasteiger partial charge in [0.05, 0.1) is 18.0 Å². The van der Waals surface area contributed by atoms with Crippen molar-refractivity contribution >= 4 is 23.3 Å². The number of nitrogens with zero attached hydrogens (tertiary/aromatic N) is 1. The second kappa shape index (κ2) is 14.7. The maximum absolute atomic E-state index is 12.5. The van der Waals surface area contributed by atoms with Gasteiger partial charge in [-0.25, -0.2) is 4.79 Å². The molecule has 1 heterocycles. The number of aromatic nitrogens is 1. The van der Waals surface area contributed by atoms with Crippen molar-refractivity contribution in [2.75, 3.05) is 19.8 Å². The van der Waals surface area contributed by atoms with Gasteiger partial charge in [0.25, 0.3) is 0 Å². The summed E-state index contributed by atoms with van der Waals surface area (Å²) < 4.78 is 16.9. The van der Waals surface area contributed by atoms with Crippen molar-refractivity contribution < 1.29 is 23.8 Å². The number of halogens is 1. The molecule has 8 heteroatoms. The van der Waals surface area contributed by atoms with E-state index in [4.69, 9.17) is 30.6 Å². The number of pyridine rings is 1. The zero-order chi connectivity index (χ0) is 28.2. The van der Waals surface area contributed by atoms with E-state index in [0.717, 1.165) is 22.4 Å². The zero-order valence-electron chi connectivity index (χ0n) is 22.2. The predicted molar refractivity (Wildman–Crippen MR) is 156 cm³/mol. The number of hydroxylamine groups is 1. The van der Waals surface area contributed by atoms with Crippen LogP contribution < -0.4 is 15.0 Å². The highest BCUT2D eigenvalue weighted by atomic mass is 35.5. The molecule has 1 atom stereocenters. The van der Waals surface area contributed by atoms with Crippen LogP contribution in [-0.4, -0.2) is 36.9 Å². The number of hydrogen-bond donors (Lipinski definition) is 1. The van der Waals surface area contributed by atoms with Crippen LogP contribution in [0.5, 0.6) is 11.5 Å². The quantitative estimate of drug-likeness (QED) is 0.107. The van der Waals surface area contributed by atoms with Gasteiger partial charge in [-0.1, -0.05) is 60.6 Å². The molecule has 0 bridgehead atoms. The predicted octanol–water partition coefficient (Wildman–Crippen LogP) is 6.53. The maximum atomic E-state index is 12.5. The third-order valence-corrected chi connectivity index (χ3v) is 6.08.